The highest BCUT2D eigenvalue weighted by Gasteiger charge is 2.74. The number of para-hydroxylation sites is 1. The second-order valence-corrected chi connectivity index (χ2v) is 10.2. The zero-order valence-electron chi connectivity index (χ0n) is 21.5. The number of aliphatic hydroxyl groups excluding tert-OH is 1. The Morgan fingerprint density at radius 2 is 1.86 bits per heavy atom. The molecule has 1 spiro atoms. The second kappa shape index (κ2) is 10.2. The van der Waals surface area contributed by atoms with E-state index in [1.807, 2.05) is 32.0 Å². The molecule has 3 amide bonds. The van der Waals surface area contributed by atoms with Crippen molar-refractivity contribution in [3.05, 3.63) is 54.6 Å². The van der Waals surface area contributed by atoms with Crippen LogP contribution >= 0.6 is 0 Å². The zero-order chi connectivity index (χ0) is 26.2. The number of carbonyl (C=O) groups is 3. The highest BCUT2D eigenvalue weighted by molar-refractivity contribution is 6.05. The third kappa shape index (κ3) is 3.96. The standard InChI is InChI=1S/C28H37N3O5/c1-6-14-29(5)25(33)21-20-12-13-28(36-20)22(21)26(34)31(16-9-17-32)24(28)27(35)30(15-7-2)23-18(3)10-8-11-19(23)4/h6-8,10-11,20-22,24,32H,1-2,9,12-17H2,3-5H3/t20-,21+,22+,24?,28?/m1/s1. The van der Waals surface area contributed by atoms with Crippen molar-refractivity contribution < 1.29 is 24.2 Å². The molecule has 0 aromatic heterocycles. The predicted octanol–water partition coefficient (Wildman–Crippen LogP) is 2.22. The SMILES string of the molecule is C=CCN(C)C(=O)[C@@H]1[C@H]2C(=O)N(CCCO)C(C(=O)N(CC=C)c3c(C)cccc3C)C23CC[C@H]1O3. The minimum atomic E-state index is -1.07. The molecule has 0 aliphatic carbocycles. The molecule has 8 nitrogen and oxygen atoms in total. The lowest BCUT2D eigenvalue weighted by molar-refractivity contribution is -0.144. The van der Waals surface area contributed by atoms with Crippen molar-refractivity contribution in [1.29, 1.82) is 0 Å². The topological polar surface area (TPSA) is 90.4 Å². The maximum atomic E-state index is 14.4. The van der Waals surface area contributed by atoms with Crippen molar-refractivity contribution in [2.45, 2.75) is 50.9 Å². The molecule has 3 fully saturated rings. The molecule has 36 heavy (non-hydrogen) atoms. The monoisotopic (exact) mass is 495 g/mol. The van der Waals surface area contributed by atoms with E-state index in [1.54, 1.807) is 33.9 Å². The zero-order valence-corrected chi connectivity index (χ0v) is 21.5. The van der Waals surface area contributed by atoms with Crippen LogP contribution in [0.4, 0.5) is 5.69 Å². The molecule has 2 unspecified atom stereocenters. The van der Waals surface area contributed by atoms with E-state index in [9.17, 15) is 19.5 Å². The number of amides is 3. The number of benzene rings is 1. The summed E-state index contributed by atoms with van der Waals surface area (Å²) in [4.78, 5) is 46.6. The third-order valence-electron chi connectivity index (χ3n) is 7.94. The Morgan fingerprint density at radius 1 is 1.19 bits per heavy atom. The summed E-state index contributed by atoms with van der Waals surface area (Å²) in [6.07, 6.45) is 4.41. The third-order valence-corrected chi connectivity index (χ3v) is 7.94. The summed E-state index contributed by atoms with van der Waals surface area (Å²) >= 11 is 0. The lowest BCUT2D eigenvalue weighted by Crippen LogP contribution is -2.57. The van der Waals surface area contributed by atoms with Crippen LogP contribution in [0.1, 0.15) is 30.4 Å². The summed E-state index contributed by atoms with van der Waals surface area (Å²) in [5.74, 6) is -2.01. The summed E-state index contributed by atoms with van der Waals surface area (Å²) in [5, 5.41) is 9.54. The molecular formula is C28H37N3O5. The molecule has 1 aromatic carbocycles. The number of hydrogen-bond acceptors (Lipinski definition) is 5. The Hall–Kier alpha value is -2.97. The fourth-order valence-corrected chi connectivity index (χ4v) is 6.53. The number of fused-ring (bicyclic) bond motifs is 1. The van der Waals surface area contributed by atoms with Crippen LogP contribution in [0.25, 0.3) is 0 Å². The van der Waals surface area contributed by atoms with Gasteiger partial charge >= 0.3 is 0 Å². The quantitative estimate of drug-likeness (QED) is 0.503. The smallest absolute Gasteiger partial charge is 0.253 e. The normalized spacial score (nSPS) is 28.2. The first-order valence-electron chi connectivity index (χ1n) is 12.7. The average Bonchev–Trinajstić information content (AvgIpc) is 3.48. The van der Waals surface area contributed by atoms with Crippen LogP contribution in [0.3, 0.4) is 0 Å². The number of aryl methyl sites for hydroxylation is 2. The molecule has 3 heterocycles. The van der Waals surface area contributed by atoms with Gasteiger partial charge in [-0.1, -0.05) is 30.4 Å². The van der Waals surface area contributed by atoms with Gasteiger partial charge < -0.3 is 24.5 Å². The molecule has 8 heteroatoms. The predicted molar refractivity (Wildman–Crippen MR) is 137 cm³/mol. The molecule has 194 valence electrons. The van der Waals surface area contributed by atoms with Crippen molar-refractivity contribution in [3.8, 4) is 0 Å². The van der Waals surface area contributed by atoms with Crippen LogP contribution in [0.15, 0.2) is 43.5 Å². The van der Waals surface area contributed by atoms with Gasteiger partial charge in [-0.3, -0.25) is 14.4 Å². The molecular weight excluding hydrogens is 458 g/mol. The van der Waals surface area contributed by atoms with Gasteiger partial charge in [0.15, 0.2) is 0 Å². The lowest BCUT2D eigenvalue weighted by Gasteiger charge is -2.37. The van der Waals surface area contributed by atoms with E-state index in [2.05, 4.69) is 13.2 Å². The van der Waals surface area contributed by atoms with Crippen LogP contribution < -0.4 is 4.90 Å². The summed E-state index contributed by atoms with van der Waals surface area (Å²) in [6, 6.07) is 4.98. The van der Waals surface area contributed by atoms with Gasteiger partial charge in [0.2, 0.25) is 11.8 Å². The average molecular weight is 496 g/mol. The van der Waals surface area contributed by atoms with Crippen LogP contribution in [0.2, 0.25) is 0 Å². The summed E-state index contributed by atoms with van der Waals surface area (Å²) in [5.41, 5.74) is 1.62. The van der Waals surface area contributed by atoms with Crippen molar-refractivity contribution in [1.82, 2.24) is 9.80 Å². The lowest BCUT2D eigenvalue weighted by atomic mass is 9.70. The highest BCUT2D eigenvalue weighted by atomic mass is 16.5. The van der Waals surface area contributed by atoms with Gasteiger partial charge in [-0.15, -0.1) is 13.2 Å². The molecule has 3 aliphatic heterocycles. The van der Waals surface area contributed by atoms with E-state index >= 15 is 0 Å². The highest BCUT2D eigenvalue weighted by Crippen LogP contribution is 2.59. The Labute approximate surface area is 213 Å². The number of rotatable bonds is 10. The van der Waals surface area contributed by atoms with E-state index in [1.165, 1.54) is 0 Å². The number of hydrogen-bond donors (Lipinski definition) is 1. The van der Waals surface area contributed by atoms with E-state index in [0.29, 0.717) is 25.8 Å². The number of anilines is 1. The number of ether oxygens (including phenoxy) is 1. The van der Waals surface area contributed by atoms with Gasteiger partial charge in [-0.25, -0.2) is 0 Å². The molecule has 0 radical (unpaired) electrons. The first-order valence-corrected chi connectivity index (χ1v) is 12.7. The van der Waals surface area contributed by atoms with Crippen molar-refractivity contribution in [2.24, 2.45) is 11.8 Å². The van der Waals surface area contributed by atoms with Gasteiger partial charge in [0, 0.05) is 39.0 Å². The van der Waals surface area contributed by atoms with Crippen molar-refractivity contribution >= 4 is 23.4 Å². The van der Waals surface area contributed by atoms with E-state index in [-0.39, 0.29) is 37.4 Å². The first-order chi connectivity index (χ1) is 17.2. The minimum absolute atomic E-state index is 0.108. The first kappa shape index (κ1) is 26.1. The molecule has 0 saturated carbocycles. The summed E-state index contributed by atoms with van der Waals surface area (Å²) < 4.78 is 6.51. The van der Waals surface area contributed by atoms with Gasteiger partial charge in [0.1, 0.15) is 11.6 Å². The van der Waals surface area contributed by atoms with Crippen molar-refractivity contribution in [2.75, 3.05) is 38.2 Å². The minimum Gasteiger partial charge on any atom is -0.396 e. The molecule has 4 rings (SSSR count). The number of carbonyl (C=O) groups excluding carboxylic acids is 3. The number of aliphatic hydroxyl groups is 1. The molecule has 2 bridgehead atoms. The maximum Gasteiger partial charge on any atom is 0.253 e. The summed E-state index contributed by atoms with van der Waals surface area (Å²) in [6.45, 7) is 12.2. The largest absolute Gasteiger partial charge is 0.396 e. The Balaban J connectivity index is 1.79. The molecule has 5 atom stereocenters. The van der Waals surface area contributed by atoms with Gasteiger partial charge in [-0.05, 0) is 44.2 Å². The molecule has 1 N–H and O–H groups in total. The fourth-order valence-electron chi connectivity index (χ4n) is 6.53. The van der Waals surface area contributed by atoms with E-state index in [0.717, 1.165) is 16.8 Å². The Bertz CT molecular complexity index is 1050. The summed E-state index contributed by atoms with van der Waals surface area (Å²) in [7, 11) is 1.70. The van der Waals surface area contributed by atoms with Crippen LogP contribution in [0, 0.1) is 25.7 Å². The van der Waals surface area contributed by atoms with Gasteiger partial charge in [-0.2, -0.15) is 0 Å². The molecule has 3 saturated heterocycles. The Morgan fingerprint density at radius 3 is 2.47 bits per heavy atom. The maximum absolute atomic E-state index is 14.4. The number of likely N-dealkylation sites (tertiary alicyclic amines) is 1. The second-order valence-electron chi connectivity index (χ2n) is 10.2. The number of nitrogens with zero attached hydrogens (tertiary/aromatic N) is 3. The van der Waals surface area contributed by atoms with Crippen LogP contribution in [0.5, 0.6) is 0 Å². The van der Waals surface area contributed by atoms with E-state index in [4.69, 9.17) is 4.74 Å². The fraction of sp³-hybridized carbons (Fsp3) is 0.536. The van der Waals surface area contributed by atoms with E-state index < -0.39 is 29.6 Å². The van der Waals surface area contributed by atoms with Crippen LogP contribution in [-0.2, 0) is 19.1 Å². The van der Waals surface area contributed by atoms with Crippen molar-refractivity contribution in [3.63, 3.8) is 0 Å². The molecule has 3 aliphatic rings. The number of likely N-dealkylation sites (N-methyl/N-ethyl adjacent to an activating group) is 1. The molecule has 1 aromatic rings. The van der Waals surface area contributed by atoms with Crippen LogP contribution in [-0.4, -0.2) is 83.7 Å². The Kier molecular flexibility index (Phi) is 7.38. The van der Waals surface area contributed by atoms with Gasteiger partial charge in [0.25, 0.3) is 5.91 Å². The van der Waals surface area contributed by atoms with Gasteiger partial charge in [0.05, 0.1) is 17.9 Å².